The molecule has 0 amide bonds. The number of nitrogens with zero attached hydrogens (tertiary/aromatic N) is 2. The molecule has 0 spiro atoms. The first-order valence-electron chi connectivity index (χ1n) is 5.19. The molecule has 0 unspecified atom stereocenters. The molecular formula is C12H11ClFN3O. The number of aromatic nitrogens is 2. The highest BCUT2D eigenvalue weighted by molar-refractivity contribution is 6.29. The van der Waals surface area contributed by atoms with Crippen LogP contribution in [0.25, 0.3) is 0 Å². The van der Waals surface area contributed by atoms with Crippen molar-refractivity contribution in [2.45, 2.75) is 6.92 Å². The summed E-state index contributed by atoms with van der Waals surface area (Å²) in [6.45, 7) is 1.73. The van der Waals surface area contributed by atoms with Gasteiger partial charge in [0.15, 0.2) is 0 Å². The number of ether oxygens (including phenoxy) is 1. The van der Waals surface area contributed by atoms with E-state index < -0.39 is 5.82 Å². The van der Waals surface area contributed by atoms with E-state index in [0.29, 0.717) is 28.2 Å². The predicted octanol–water partition coefficient (Wildman–Crippen LogP) is 3.33. The molecule has 6 heteroatoms. The van der Waals surface area contributed by atoms with Crippen molar-refractivity contribution in [3.63, 3.8) is 0 Å². The molecule has 94 valence electrons. The average Bonchev–Trinajstić information content (AvgIpc) is 2.26. The first kappa shape index (κ1) is 12.6. The van der Waals surface area contributed by atoms with Crippen LogP contribution in [-0.4, -0.2) is 17.1 Å². The monoisotopic (exact) mass is 267 g/mol. The van der Waals surface area contributed by atoms with Crippen LogP contribution in [0.3, 0.4) is 0 Å². The molecule has 1 N–H and O–H groups in total. The molecule has 1 heterocycles. The second kappa shape index (κ2) is 5.18. The van der Waals surface area contributed by atoms with Gasteiger partial charge in [0, 0.05) is 23.9 Å². The molecule has 1 aromatic carbocycles. The van der Waals surface area contributed by atoms with Crippen LogP contribution in [0.4, 0.5) is 15.9 Å². The van der Waals surface area contributed by atoms with E-state index in [2.05, 4.69) is 15.3 Å². The van der Waals surface area contributed by atoms with Crippen LogP contribution in [0.5, 0.6) is 5.75 Å². The van der Waals surface area contributed by atoms with Crippen LogP contribution in [0.2, 0.25) is 5.15 Å². The molecule has 0 saturated heterocycles. The third kappa shape index (κ3) is 3.07. The molecule has 18 heavy (non-hydrogen) atoms. The van der Waals surface area contributed by atoms with E-state index in [0.717, 1.165) is 0 Å². The summed E-state index contributed by atoms with van der Waals surface area (Å²) in [5.74, 6) is 1.07. The summed E-state index contributed by atoms with van der Waals surface area (Å²) in [5.41, 5.74) is 0.529. The Morgan fingerprint density at radius 1 is 1.22 bits per heavy atom. The van der Waals surface area contributed by atoms with Crippen LogP contribution in [0, 0.1) is 12.7 Å². The maximum atomic E-state index is 13.3. The SMILES string of the molecule is COc1cc(F)cc(Nc2cc(Cl)nc(C)n2)c1. The molecule has 0 aliphatic rings. The van der Waals surface area contributed by atoms with Crippen LogP contribution >= 0.6 is 11.6 Å². The zero-order valence-corrected chi connectivity index (χ0v) is 10.6. The third-order valence-corrected chi connectivity index (χ3v) is 2.38. The quantitative estimate of drug-likeness (QED) is 0.867. The number of anilines is 2. The summed E-state index contributed by atoms with van der Waals surface area (Å²) >= 11 is 5.82. The lowest BCUT2D eigenvalue weighted by atomic mass is 10.3. The molecule has 0 radical (unpaired) electrons. The van der Waals surface area contributed by atoms with Gasteiger partial charge in [-0.05, 0) is 13.0 Å². The molecule has 0 bridgehead atoms. The number of hydrogen-bond acceptors (Lipinski definition) is 4. The van der Waals surface area contributed by atoms with Crippen LogP contribution in [-0.2, 0) is 0 Å². The van der Waals surface area contributed by atoms with Gasteiger partial charge >= 0.3 is 0 Å². The Labute approximate surface area is 109 Å². The van der Waals surface area contributed by atoms with Gasteiger partial charge in [0.05, 0.1) is 7.11 Å². The fourth-order valence-electron chi connectivity index (χ4n) is 1.50. The summed E-state index contributed by atoms with van der Waals surface area (Å²) in [4.78, 5) is 8.09. The van der Waals surface area contributed by atoms with Crippen LogP contribution < -0.4 is 10.1 Å². The number of benzene rings is 1. The van der Waals surface area contributed by atoms with Gasteiger partial charge in [0.1, 0.15) is 28.4 Å². The molecule has 0 fully saturated rings. The highest BCUT2D eigenvalue weighted by atomic mass is 35.5. The Hall–Kier alpha value is -1.88. The van der Waals surface area contributed by atoms with Crippen molar-refractivity contribution < 1.29 is 9.13 Å². The molecular weight excluding hydrogens is 257 g/mol. The molecule has 2 rings (SSSR count). The molecule has 2 aromatic rings. The molecule has 0 aliphatic heterocycles. The Morgan fingerprint density at radius 3 is 2.67 bits per heavy atom. The van der Waals surface area contributed by atoms with Crippen LogP contribution in [0.1, 0.15) is 5.82 Å². The highest BCUT2D eigenvalue weighted by Gasteiger charge is 2.04. The Morgan fingerprint density at radius 2 is 2.00 bits per heavy atom. The van der Waals surface area contributed by atoms with Gasteiger partial charge in [-0.2, -0.15) is 0 Å². The lowest BCUT2D eigenvalue weighted by Crippen LogP contribution is -1.98. The lowest BCUT2D eigenvalue weighted by molar-refractivity contribution is 0.411. The normalized spacial score (nSPS) is 10.2. The average molecular weight is 268 g/mol. The summed E-state index contributed by atoms with van der Waals surface area (Å²) in [5, 5.41) is 3.27. The third-order valence-electron chi connectivity index (χ3n) is 2.19. The second-order valence-corrected chi connectivity index (χ2v) is 4.02. The lowest BCUT2D eigenvalue weighted by Gasteiger charge is -2.08. The summed E-state index contributed by atoms with van der Waals surface area (Å²) in [6.07, 6.45) is 0. The molecule has 0 saturated carbocycles. The molecule has 4 nitrogen and oxygen atoms in total. The maximum Gasteiger partial charge on any atom is 0.135 e. The maximum absolute atomic E-state index is 13.3. The van der Waals surface area contributed by atoms with E-state index in [1.54, 1.807) is 19.1 Å². The predicted molar refractivity (Wildman–Crippen MR) is 68.0 cm³/mol. The van der Waals surface area contributed by atoms with E-state index in [1.165, 1.54) is 19.2 Å². The minimum Gasteiger partial charge on any atom is -0.497 e. The molecule has 0 aliphatic carbocycles. The van der Waals surface area contributed by atoms with Crippen molar-refractivity contribution in [2.24, 2.45) is 0 Å². The topological polar surface area (TPSA) is 47.0 Å². The Balaban J connectivity index is 2.30. The van der Waals surface area contributed by atoms with Crippen molar-refractivity contribution in [1.29, 1.82) is 0 Å². The summed E-state index contributed by atoms with van der Waals surface area (Å²) in [7, 11) is 1.48. The van der Waals surface area contributed by atoms with Gasteiger partial charge in [-0.1, -0.05) is 11.6 Å². The fourth-order valence-corrected chi connectivity index (χ4v) is 1.72. The van der Waals surface area contributed by atoms with Crippen molar-refractivity contribution in [3.8, 4) is 5.75 Å². The van der Waals surface area contributed by atoms with Crippen LogP contribution in [0.15, 0.2) is 24.3 Å². The van der Waals surface area contributed by atoms with Gasteiger partial charge in [0.25, 0.3) is 0 Å². The minimum atomic E-state index is -0.395. The van der Waals surface area contributed by atoms with Gasteiger partial charge in [-0.15, -0.1) is 0 Å². The van der Waals surface area contributed by atoms with E-state index >= 15 is 0 Å². The molecule has 0 atom stereocenters. The van der Waals surface area contributed by atoms with Gasteiger partial charge in [-0.3, -0.25) is 0 Å². The Kier molecular flexibility index (Phi) is 3.62. The van der Waals surface area contributed by atoms with E-state index in [-0.39, 0.29) is 0 Å². The zero-order valence-electron chi connectivity index (χ0n) is 9.87. The fraction of sp³-hybridized carbons (Fsp3) is 0.167. The first-order chi connectivity index (χ1) is 8.56. The Bertz CT molecular complexity index is 557. The number of hydrogen-bond donors (Lipinski definition) is 1. The number of rotatable bonds is 3. The zero-order chi connectivity index (χ0) is 13.1. The number of halogens is 2. The van der Waals surface area contributed by atoms with Crippen molar-refractivity contribution in [1.82, 2.24) is 9.97 Å². The number of methoxy groups -OCH3 is 1. The highest BCUT2D eigenvalue weighted by Crippen LogP contribution is 2.23. The van der Waals surface area contributed by atoms with Gasteiger partial charge in [-0.25, -0.2) is 14.4 Å². The van der Waals surface area contributed by atoms with E-state index in [4.69, 9.17) is 16.3 Å². The van der Waals surface area contributed by atoms with Gasteiger partial charge in [0.2, 0.25) is 0 Å². The summed E-state index contributed by atoms with van der Waals surface area (Å²) < 4.78 is 18.3. The largest absolute Gasteiger partial charge is 0.497 e. The minimum absolute atomic E-state index is 0.327. The standard InChI is InChI=1S/C12H11ClFN3O/c1-7-15-11(13)6-12(16-7)17-9-3-8(14)4-10(5-9)18-2/h3-6H,1-2H3,(H,15,16,17). The van der Waals surface area contributed by atoms with Crippen molar-refractivity contribution in [2.75, 3.05) is 12.4 Å². The van der Waals surface area contributed by atoms with Crippen molar-refractivity contribution in [3.05, 3.63) is 41.1 Å². The second-order valence-electron chi connectivity index (χ2n) is 3.63. The smallest absolute Gasteiger partial charge is 0.135 e. The summed E-state index contributed by atoms with van der Waals surface area (Å²) in [6, 6.07) is 5.86. The first-order valence-corrected chi connectivity index (χ1v) is 5.57. The van der Waals surface area contributed by atoms with E-state index in [9.17, 15) is 4.39 Å². The van der Waals surface area contributed by atoms with E-state index in [1.807, 2.05) is 0 Å². The molecule has 1 aromatic heterocycles. The van der Waals surface area contributed by atoms with Gasteiger partial charge < -0.3 is 10.1 Å². The number of nitrogens with one attached hydrogen (secondary N) is 1. The number of aryl methyl sites for hydroxylation is 1. The van der Waals surface area contributed by atoms with Crippen molar-refractivity contribution >= 4 is 23.1 Å².